The van der Waals surface area contributed by atoms with Crippen molar-refractivity contribution in [2.24, 2.45) is 0 Å². The zero-order chi connectivity index (χ0) is 29.3. The van der Waals surface area contributed by atoms with Crippen LogP contribution in [0.3, 0.4) is 0 Å². The average Bonchev–Trinajstić information content (AvgIpc) is 2.91. The molecule has 0 aliphatic heterocycles. The van der Waals surface area contributed by atoms with E-state index >= 15 is 0 Å². The van der Waals surface area contributed by atoms with Crippen molar-refractivity contribution in [1.82, 2.24) is 0 Å². The minimum atomic E-state index is -3.97. The fourth-order valence-electron chi connectivity index (χ4n) is 4.62. The van der Waals surface area contributed by atoms with E-state index in [1.54, 1.807) is 0 Å². The Morgan fingerprint density at radius 2 is 1.07 bits per heavy atom. The first-order chi connectivity index (χ1) is 18.9. The molecule has 2 aromatic heterocycles. The van der Waals surface area contributed by atoms with Crippen molar-refractivity contribution in [3.8, 4) is 0 Å². The minimum Gasteiger partial charge on any atom is -0.392 e. The van der Waals surface area contributed by atoms with Crippen LogP contribution in [-0.4, -0.2) is 48.9 Å². The lowest BCUT2D eigenvalue weighted by Crippen LogP contribution is -2.38. The Kier molecular flexibility index (Phi) is 11.7. The summed E-state index contributed by atoms with van der Waals surface area (Å²) in [5.74, 6) is 0. The number of nitrogens with zero attached hydrogens (tertiary/aromatic N) is 2. The minimum absolute atomic E-state index is 0.0341. The average molecular weight is 583 g/mol. The number of aromatic nitrogens is 2. The van der Waals surface area contributed by atoms with E-state index in [0.717, 1.165) is 24.1 Å². The summed E-state index contributed by atoms with van der Waals surface area (Å²) in [6, 6.07) is 8.22. The number of rotatable bonds is 13. The van der Waals surface area contributed by atoms with Gasteiger partial charge in [0.05, 0.1) is 0 Å². The number of benzene rings is 1. The van der Waals surface area contributed by atoms with Crippen LogP contribution in [-0.2, 0) is 17.5 Å². The standard InChI is InChI=1S/C30H42N2O6Si2/c1-23-25(3)30(10-8-28-13-19-32(20-14-28)16-6-22-40(35,36)37)26(4)24(2)29(23)9-7-27-11-17-31(18-12-27)15-5-21-38-39(33)34/h7-14,17-20,33-37,39H,5-6,15-16,21-22H2,1-4H3/q+2/b9-7+,10-8+. The molecule has 40 heavy (non-hydrogen) atoms. The summed E-state index contributed by atoms with van der Waals surface area (Å²) in [6.45, 7) is 10.4. The molecule has 3 rings (SSSR count). The molecule has 8 nitrogen and oxygen atoms in total. The number of hydrogen-bond donors (Lipinski definition) is 5. The van der Waals surface area contributed by atoms with E-state index in [2.05, 4.69) is 68.7 Å². The molecule has 0 bridgehead atoms. The lowest BCUT2D eigenvalue weighted by Gasteiger charge is -2.17. The van der Waals surface area contributed by atoms with Gasteiger partial charge in [-0.25, -0.2) is 9.13 Å². The Balaban J connectivity index is 1.68. The molecule has 1 aromatic carbocycles. The Hall–Kier alpha value is -2.81. The zero-order valence-electron chi connectivity index (χ0n) is 23.8. The maximum atomic E-state index is 9.17. The van der Waals surface area contributed by atoms with Gasteiger partial charge >= 0.3 is 18.3 Å². The van der Waals surface area contributed by atoms with E-state index in [-0.39, 0.29) is 6.04 Å². The normalized spacial score (nSPS) is 12.3. The second-order valence-corrected chi connectivity index (χ2v) is 13.2. The highest BCUT2D eigenvalue weighted by Crippen LogP contribution is 2.29. The third-order valence-corrected chi connectivity index (χ3v) is 8.77. The molecule has 5 N–H and O–H groups in total. The van der Waals surface area contributed by atoms with E-state index in [1.165, 1.54) is 33.4 Å². The summed E-state index contributed by atoms with van der Waals surface area (Å²) in [5.41, 5.74) is 9.64. The summed E-state index contributed by atoms with van der Waals surface area (Å²) in [5, 5.41) is 0. The lowest BCUT2D eigenvalue weighted by atomic mass is 9.88. The highest BCUT2D eigenvalue weighted by molar-refractivity contribution is 6.56. The first-order valence-corrected chi connectivity index (χ1v) is 17.1. The second kappa shape index (κ2) is 14.7. The van der Waals surface area contributed by atoms with E-state index in [9.17, 15) is 0 Å². The smallest absolute Gasteiger partial charge is 0.392 e. The van der Waals surface area contributed by atoms with Gasteiger partial charge in [0, 0.05) is 49.8 Å². The van der Waals surface area contributed by atoms with Gasteiger partial charge in [0.2, 0.25) is 0 Å². The molecule has 0 fully saturated rings. The van der Waals surface area contributed by atoms with Crippen LogP contribution in [0.25, 0.3) is 24.3 Å². The van der Waals surface area contributed by atoms with Gasteiger partial charge < -0.3 is 28.4 Å². The van der Waals surface area contributed by atoms with E-state index in [4.69, 9.17) is 28.4 Å². The lowest BCUT2D eigenvalue weighted by molar-refractivity contribution is -0.697. The van der Waals surface area contributed by atoms with Crippen LogP contribution in [0.4, 0.5) is 0 Å². The third-order valence-electron chi connectivity index (χ3n) is 7.22. The van der Waals surface area contributed by atoms with Gasteiger partial charge in [-0.05, 0) is 72.2 Å². The predicted octanol–water partition coefficient (Wildman–Crippen LogP) is 2.25. The molecule has 0 spiro atoms. The van der Waals surface area contributed by atoms with E-state index in [1.807, 2.05) is 41.5 Å². The van der Waals surface area contributed by atoms with Crippen molar-refractivity contribution in [1.29, 1.82) is 0 Å². The van der Waals surface area contributed by atoms with Gasteiger partial charge in [-0.3, -0.25) is 0 Å². The van der Waals surface area contributed by atoms with Crippen LogP contribution < -0.4 is 9.13 Å². The number of aryl methyl sites for hydroxylation is 2. The summed E-state index contributed by atoms with van der Waals surface area (Å²) in [4.78, 5) is 45.3. The van der Waals surface area contributed by atoms with Crippen LogP contribution in [0.15, 0.2) is 49.1 Å². The molecule has 0 atom stereocenters. The van der Waals surface area contributed by atoms with Crippen molar-refractivity contribution in [2.45, 2.75) is 59.7 Å². The molecular formula is C30H42N2O6Si2+2. The SMILES string of the molecule is Cc1c(C)c(/C=C/c2cc[n+](CCC[Si](O)(O)O)cc2)c(C)c(C)c1/C=C/c1cc[n+](CCCO[SiH](O)O)cc1. The highest BCUT2D eigenvalue weighted by Gasteiger charge is 2.26. The monoisotopic (exact) mass is 582 g/mol. The van der Waals surface area contributed by atoms with Crippen molar-refractivity contribution in [2.75, 3.05) is 6.61 Å². The maximum Gasteiger partial charge on any atom is 0.492 e. The van der Waals surface area contributed by atoms with Crippen molar-refractivity contribution >= 4 is 42.6 Å². The van der Waals surface area contributed by atoms with Gasteiger partial charge in [-0.1, -0.05) is 24.3 Å². The fraction of sp³-hybridized carbons (Fsp3) is 0.333. The third kappa shape index (κ3) is 9.68. The largest absolute Gasteiger partial charge is 0.492 e. The Morgan fingerprint density at radius 1 is 0.675 bits per heavy atom. The van der Waals surface area contributed by atoms with Crippen molar-refractivity contribution in [3.05, 3.63) is 93.6 Å². The van der Waals surface area contributed by atoms with E-state index < -0.39 is 18.3 Å². The fourth-order valence-corrected chi connectivity index (χ4v) is 5.63. The Morgan fingerprint density at radius 3 is 1.45 bits per heavy atom. The first-order valence-electron chi connectivity index (χ1n) is 13.5. The van der Waals surface area contributed by atoms with Gasteiger partial charge in [0.15, 0.2) is 31.3 Å². The molecule has 0 radical (unpaired) electrons. The topological polar surface area (TPSA) is 118 Å². The quantitative estimate of drug-likeness (QED) is 0.120. The first kappa shape index (κ1) is 31.7. The van der Waals surface area contributed by atoms with Crippen LogP contribution >= 0.6 is 0 Å². The predicted molar refractivity (Wildman–Crippen MR) is 161 cm³/mol. The van der Waals surface area contributed by atoms with Gasteiger partial charge in [0.1, 0.15) is 6.54 Å². The molecule has 2 heterocycles. The Bertz CT molecular complexity index is 1290. The molecule has 10 heteroatoms. The van der Waals surface area contributed by atoms with Crippen LogP contribution in [0.5, 0.6) is 0 Å². The molecule has 214 valence electrons. The molecule has 0 unspecified atom stereocenters. The second-order valence-electron chi connectivity index (χ2n) is 10.2. The molecule has 3 aromatic rings. The number of hydrogen-bond acceptors (Lipinski definition) is 6. The highest BCUT2D eigenvalue weighted by atomic mass is 28.4. The van der Waals surface area contributed by atoms with Gasteiger partial charge in [-0.2, -0.15) is 0 Å². The molecule has 0 amide bonds. The Labute approximate surface area is 239 Å². The molecule has 0 aliphatic rings. The van der Waals surface area contributed by atoms with Crippen molar-refractivity contribution < 1.29 is 37.5 Å². The maximum absolute atomic E-state index is 9.17. The summed E-state index contributed by atoms with van der Waals surface area (Å²) < 4.78 is 8.91. The van der Waals surface area contributed by atoms with Crippen LogP contribution in [0.1, 0.15) is 57.3 Å². The van der Waals surface area contributed by atoms with Gasteiger partial charge in [-0.15, -0.1) is 0 Å². The van der Waals surface area contributed by atoms with E-state index in [0.29, 0.717) is 19.6 Å². The zero-order valence-corrected chi connectivity index (χ0v) is 25.9. The number of pyridine rings is 2. The van der Waals surface area contributed by atoms with Crippen LogP contribution in [0.2, 0.25) is 6.04 Å². The summed E-state index contributed by atoms with van der Waals surface area (Å²) in [6.07, 6.45) is 17.8. The molecular weight excluding hydrogens is 541 g/mol. The van der Waals surface area contributed by atoms with Gasteiger partial charge in [0.25, 0.3) is 0 Å². The van der Waals surface area contributed by atoms with Crippen molar-refractivity contribution in [3.63, 3.8) is 0 Å². The molecule has 0 saturated carbocycles. The summed E-state index contributed by atoms with van der Waals surface area (Å²) >= 11 is 0. The van der Waals surface area contributed by atoms with Crippen LogP contribution in [0, 0.1) is 27.7 Å². The molecule has 0 aliphatic carbocycles. The molecule has 0 saturated heterocycles. The summed E-state index contributed by atoms with van der Waals surface area (Å²) in [7, 11) is -6.90.